The maximum absolute atomic E-state index is 13.5. The number of sulfonamides is 2. The lowest BCUT2D eigenvalue weighted by atomic mass is 9.63. The molecule has 2 saturated heterocycles. The number of anilines is 2. The Morgan fingerprint density at radius 3 is 1.33 bits per heavy atom. The van der Waals surface area contributed by atoms with Gasteiger partial charge in [-0.25, -0.2) is 26.3 Å². The Bertz CT molecular complexity index is 3770. The van der Waals surface area contributed by atoms with Gasteiger partial charge in [-0.2, -0.15) is 0 Å². The van der Waals surface area contributed by atoms with E-state index in [2.05, 4.69) is 43.5 Å². The quantitative estimate of drug-likeness (QED) is 0.139. The third-order valence-corrected chi connectivity index (χ3v) is 28.6. The van der Waals surface area contributed by atoms with E-state index in [1.165, 1.54) is 22.3 Å². The summed E-state index contributed by atoms with van der Waals surface area (Å²) in [7, 11) is -8.03. The van der Waals surface area contributed by atoms with Crippen molar-refractivity contribution >= 4 is 78.3 Å². The Morgan fingerprint density at radius 1 is 0.551 bits per heavy atom. The molecule has 4 aromatic rings. The summed E-state index contributed by atoms with van der Waals surface area (Å²) in [5, 5.41) is 24.6. The Kier molecular flexibility index (Phi) is 20.1. The van der Waals surface area contributed by atoms with E-state index in [9.17, 15) is 46.2 Å². The van der Waals surface area contributed by atoms with E-state index in [0.29, 0.717) is 100.0 Å². The molecule has 12 atom stereocenters. The molecular weight excluding hydrogens is 1320 g/mol. The van der Waals surface area contributed by atoms with Crippen LogP contribution in [0.5, 0.6) is 11.5 Å². The summed E-state index contributed by atoms with van der Waals surface area (Å²) in [5.74, 6) is -0.979. The van der Waals surface area contributed by atoms with E-state index in [1.807, 2.05) is 47.9 Å². The second-order valence-corrected chi connectivity index (χ2v) is 35.5. The first kappa shape index (κ1) is 70.3. The maximum atomic E-state index is 13.5. The lowest BCUT2D eigenvalue weighted by Crippen LogP contribution is -2.53. The highest BCUT2D eigenvalue weighted by Gasteiger charge is 2.52. The number of carbonyl (C=O) groups is 4. The topological polar surface area (TPSA) is 232 Å². The van der Waals surface area contributed by atoms with Gasteiger partial charge in [-0.3, -0.25) is 19.2 Å². The Hall–Kier alpha value is -6.16. The van der Waals surface area contributed by atoms with Gasteiger partial charge >= 0.3 is 0 Å². The van der Waals surface area contributed by atoms with Crippen molar-refractivity contribution in [3.8, 4) is 11.5 Å². The molecule has 4 aromatic carbocycles. The molecule has 98 heavy (non-hydrogen) atoms. The van der Waals surface area contributed by atoms with E-state index in [-0.39, 0.29) is 82.1 Å². The van der Waals surface area contributed by atoms with Crippen LogP contribution >= 0.6 is 23.2 Å². The lowest BCUT2D eigenvalue weighted by Gasteiger charge is -2.49. The number of rotatable bonds is 4. The molecule has 2 spiro atoms. The number of fused-ring (bicyclic) bond motifs is 8. The van der Waals surface area contributed by atoms with Gasteiger partial charge in [-0.15, -0.1) is 0 Å². The fraction of sp³-hybridized carbons (Fsp3) is 0.579. The fourth-order valence-electron chi connectivity index (χ4n) is 17.8. The molecule has 528 valence electrons. The molecule has 22 heteroatoms. The van der Waals surface area contributed by atoms with Crippen molar-refractivity contribution in [2.45, 2.75) is 176 Å². The van der Waals surface area contributed by atoms with Crippen LogP contribution in [0, 0.1) is 35.5 Å². The second kappa shape index (κ2) is 28.0. The second-order valence-electron chi connectivity index (χ2n) is 30.6. The highest BCUT2D eigenvalue weighted by atomic mass is 35.5. The molecule has 4 fully saturated rings. The van der Waals surface area contributed by atoms with Crippen LogP contribution < -0.4 is 28.7 Å². The van der Waals surface area contributed by atoms with E-state index in [1.54, 1.807) is 62.4 Å². The molecule has 4 amide bonds. The van der Waals surface area contributed by atoms with Crippen molar-refractivity contribution in [2.75, 3.05) is 75.4 Å². The Balaban J connectivity index is 0.000000176. The van der Waals surface area contributed by atoms with Crippen molar-refractivity contribution in [1.82, 2.24) is 19.2 Å². The van der Waals surface area contributed by atoms with Gasteiger partial charge in [-0.05, 0) is 235 Å². The summed E-state index contributed by atoms with van der Waals surface area (Å²) in [4.78, 5) is 62.4. The number of nitrogens with one attached hydrogen (secondary N) is 2. The van der Waals surface area contributed by atoms with Crippen LogP contribution in [0.15, 0.2) is 97.1 Å². The smallest absolute Gasteiger partial charge is 0.264 e. The maximum Gasteiger partial charge on any atom is 0.264 e. The lowest BCUT2D eigenvalue weighted by molar-refractivity contribution is -0.139. The number of nitrogens with zero attached hydrogens (tertiary/aromatic N) is 4. The van der Waals surface area contributed by atoms with Gasteiger partial charge in [0.15, 0.2) is 0 Å². The predicted molar refractivity (Wildman–Crippen MR) is 381 cm³/mol. The normalized spacial score (nSPS) is 33.3. The van der Waals surface area contributed by atoms with Crippen LogP contribution in [0.25, 0.3) is 0 Å². The standard InChI is InChI=1S/2C38H48ClN3O6S/c2*1-25-7-5-16-38(45,21-35(43)41-17-3-4-18-41)32-12-9-29(32)22-42-23-37(15-6-8-27-19-30(39)11-13-31(27)37)24-48-34-14-10-28(20-33(34)42)36(44)40-49(46,47)26(25)2/h2*5,10-11,13-14,16,19-20,25-26,29,32,45H,3-4,6-9,12,15,17-18,21-24H2,1-2H3,(H,40,44)/b2*16-5+/t25-,26+,29-,32+,37-,38+;25-,26+,29-,32+,37-,38-/m00/s1. The Labute approximate surface area is 588 Å². The van der Waals surface area contributed by atoms with Crippen LogP contribution in [0.2, 0.25) is 10.0 Å². The number of carbonyl (C=O) groups excluding carboxylic acids is 4. The van der Waals surface area contributed by atoms with Crippen molar-refractivity contribution < 1.29 is 55.7 Å². The third-order valence-electron chi connectivity index (χ3n) is 24.3. The van der Waals surface area contributed by atoms with Crippen molar-refractivity contribution in [3.05, 3.63) is 141 Å². The van der Waals surface area contributed by atoms with E-state index in [0.717, 1.165) is 101 Å². The van der Waals surface area contributed by atoms with Gasteiger partial charge in [-0.1, -0.05) is 73.5 Å². The van der Waals surface area contributed by atoms with Gasteiger partial charge in [0.2, 0.25) is 31.9 Å². The van der Waals surface area contributed by atoms with Crippen molar-refractivity contribution in [3.63, 3.8) is 0 Å². The average Bonchev–Trinajstić information content (AvgIpc) is 1.53. The molecule has 14 rings (SSSR count). The minimum atomic E-state index is -4.02. The number of aryl methyl sites for hydroxylation is 2. The van der Waals surface area contributed by atoms with Crippen molar-refractivity contribution in [1.29, 1.82) is 0 Å². The number of likely N-dealkylation sites (tertiary alicyclic amines) is 2. The minimum absolute atomic E-state index is 0.00484. The molecule has 10 aliphatic rings. The summed E-state index contributed by atoms with van der Waals surface area (Å²) in [5.41, 5.74) is 3.42. The number of hydrogen-bond donors (Lipinski definition) is 4. The third kappa shape index (κ3) is 14.2. The first-order valence-corrected chi connectivity index (χ1v) is 39.7. The molecule has 0 aromatic heterocycles. The number of ether oxygens (including phenoxy) is 2. The number of amides is 4. The van der Waals surface area contributed by atoms with Crippen LogP contribution in [-0.2, 0) is 53.3 Å². The monoisotopic (exact) mass is 1420 g/mol. The fourth-order valence-corrected chi connectivity index (χ4v) is 20.7. The number of halogens is 2. The molecule has 4 N–H and O–H groups in total. The van der Waals surface area contributed by atoms with Gasteiger partial charge in [0.05, 0.1) is 59.1 Å². The number of hydrogen-bond acceptors (Lipinski definition) is 14. The molecule has 4 bridgehead atoms. The number of allylic oxidation sites excluding steroid dienone is 2. The highest BCUT2D eigenvalue weighted by molar-refractivity contribution is 7.91. The minimum Gasteiger partial charge on any atom is -0.490 e. The zero-order valence-corrected chi connectivity index (χ0v) is 60.1. The van der Waals surface area contributed by atoms with Gasteiger partial charge in [0, 0.05) is 84.4 Å². The largest absolute Gasteiger partial charge is 0.490 e. The first-order valence-electron chi connectivity index (χ1n) is 35.8. The summed E-state index contributed by atoms with van der Waals surface area (Å²) in [6.45, 7) is 13.0. The summed E-state index contributed by atoms with van der Waals surface area (Å²) in [6.07, 6.45) is 20.9. The molecule has 6 heterocycles. The molecule has 4 aliphatic carbocycles. The SMILES string of the molecule is C[C@@H]1[C@@H](C)C/C=C/[C@@](O)(CC(=O)N2CCCC2)[C@@H]2CC[C@H]2CN2C[C@@]3(CCCc4cc(Cl)ccc43)COc3ccc(cc32)C(=O)NS1(=O)=O.C[C@@H]1[C@@H](C)C/C=C/[C@](O)(CC(=O)N2CCCC2)[C@@H]2CC[C@H]2CN2C[C@@]3(CCCc4cc(Cl)ccc43)COc3ccc(cc32)C(=O)NS1(=O)=O. The average molecular weight is 1420 g/mol. The summed E-state index contributed by atoms with van der Waals surface area (Å²) < 4.78 is 71.6. The van der Waals surface area contributed by atoms with E-state index in [4.69, 9.17) is 32.7 Å². The highest BCUT2D eigenvalue weighted by Crippen LogP contribution is 2.52. The number of aliphatic hydroxyl groups is 2. The molecule has 6 aliphatic heterocycles. The van der Waals surface area contributed by atoms with E-state index >= 15 is 0 Å². The zero-order chi connectivity index (χ0) is 69.1. The molecule has 0 radical (unpaired) electrons. The van der Waals surface area contributed by atoms with Crippen LogP contribution in [0.4, 0.5) is 11.4 Å². The van der Waals surface area contributed by atoms with Gasteiger partial charge in [0.25, 0.3) is 11.8 Å². The number of benzene rings is 4. The van der Waals surface area contributed by atoms with Crippen LogP contribution in [0.3, 0.4) is 0 Å². The molecular formula is C76H96Cl2N6O12S2. The molecule has 18 nitrogen and oxygen atoms in total. The van der Waals surface area contributed by atoms with Crippen LogP contribution in [-0.4, -0.2) is 148 Å². The van der Waals surface area contributed by atoms with Crippen LogP contribution in [0.1, 0.15) is 173 Å². The molecule has 0 unspecified atom stereocenters. The Morgan fingerprint density at radius 2 is 0.949 bits per heavy atom. The molecule has 2 saturated carbocycles. The zero-order valence-electron chi connectivity index (χ0n) is 57.0. The first-order chi connectivity index (χ1) is 46.7. The van der Waals surface area contributed by atoms with Gasteiger partial charge < -0.3 is 39.3 Å². The van der Waals surface area contributed by atoms with Crippen molar-refractivity contribution in [2.24, 2.45) is 35.5 Å². The van der Waals surface area contributed by atoms with E-state index < -0.39 is 53.6 Å². The predicted octanol–water partition coefficient (Wildman–Crippen LogP) is 11.3. The summed E-state index contributed by atoms with van der Waals surface area (Å²) >= 11 is 12.9. The summed E-state index contributed by atoms with van der Waals surface area (Å²) in [6, 6.07) is 22.5. The van der Waals surface area contributed by atoms with Gasteiger partial charge in [0.1, 0.15) is 11.5 Å².